The number of ketones is 1. The summed E-state index contributed by atoms with van der Waals surface area (Å²) >= 11 is 0. The van der Waals surface area contributed by atoms with Gasteiger partial charge in [0.1, 0.15) is 6.42 Å². The molecule has 0 amide bonds. The van der Waals surface area contributed by atoms with Gasteiger partial charge in [-0.15, -0.1) is 0 Å². The number of Topliss-reactive ketones (excluding diaryl/α,β-unsaturated/α-hetero) is 1. The van der Waals surface area contributed by atoms with Crippen LogP contribution >= 0.6 is 0 Å². The predicted octanol–water partition coefficient (Wildman–Crippen LogP) is 1.96. The monoisotopic (exact) mass is 276 g/mol. The number of hydrogen-bond acceptors (Lipinski definition) is 5. The molecule has 0 aromatic carbocycles. The lowest BCUT2D eigenvalue weighted by Crippen LogP contribution is -2.48. The third-order valence-electron chi connectivity index (χ3n) is 2.14. The molecule has 0 saturated carbocycles. The SMILES string of the molecule is CCCOC(OCCC)(OCCC)C(=O)CC(=O)O. The van der Waals surface area contributed by atoms with Crippen LogP contribution in [0.4, 0.5) is 0 Å². The molecule has 0 aromatic heterocycles. The average Bonchev–Trinajstić information content (AvgIpc) is 2.37. The number of carbonyl (C=O) groups is 2. The molecule has 19 heavy (non-hydrogen) atoms. The number of ether oxygens (including phenoxy) is 3. The van der Waals surface area contributed by atoms with Crippen molar-refractivity contribution in [2.75, 3.05) is 19.8 Å². The third kappa shape index (κ3) is 6.66. The first-order valence-corrected chi connectivity index (χ1v) is 6.69. The number of carboxylic acids is 1. The Labute approximate surface area is 114 Å². The third-order valence-corrected chi connectivity index (χ3v) is 2.14. The summed E-state index contributed by atoms with van der Waals surface area (Å²) in [6, 6.07) is 0. The van der Waals surface area contributed by atoms with E-state index in [4.69, 9.17) is 19.3 Å². The van der Waals surface area contributed by atoms with E-state index in [1.807, 2.05) is 20.8 Å². The minimum Gasteiger partial charge on any atom is -0.481 e. The number of hydrogen-bond donors (Lipinski definition) is 1. The van der Waals surface area contributed by atoms with Crippen LogP contribution in [0.3, 0.4) is 0 Å². The Morgan fingerprint density at radius 2 is 1.26 bits per heavy atom. The van der Waals surface area contributed by atoms with E-state index in [-0.39, 0.29) is 19.8 Å². The van der Waals surface area contributed by atoms with Crippen LogP contribution in [-0.4, -0.2) is 42.7 Å². The van der Waals surface area contributed by atoms with Gasteiger partial charge in [-0.25, -0.2) is 0 Å². The molecule has 0 rings (SSSR count). The minimum absolute atomic E-state index is 0.263. The van der Waals surface area contributed by atoms with Crippen molar-refractivity contribution >= 4 is 11.8 Å². The van der Waals surface area contributed by atoms with Crippen molar-refractivity contribution in [1.29, 1.82) is 0 Å². The maximum absolute atomic E-state index is 12.0. The van der Waals surface area contributed by atoms with Gasteiger partial charge in [0.05, 0.1) is 19.8 Å². The number of aliphatic carboxylic acids is 1. The molecule has 0 spiro atoms. The van der Waals surface area contributed by atoms with Gasteiger partial charge in [0.2, 0.25) is 5.78 Å². The molecule has 0 aliphatic rings. The Balaban J connectivity index is 4.95. The van der Waals surface area contributed by atoms with Gasteiger partial charge in [0, 0.05) is 0 Å². The summed E-state index contributed by atoms with van der Waals surface area (Å²) in [4.78, 5) is 22.7. The Morgan fingerprint density at radius 3 is 1.53 bits per heavy atom. The Hall–Kier alpha value is -0.980. The van der Waals surface area contributed by atoms with Gasteiger partial charge in [-0.2, -0.15) is 0 Å². The summed E-state index contributed by atoms with van der Waals surface area (Å²) in [7, 11) is 0. The van der Waals surface area contributed by atoms with E-state index in [0.717, 1.165) is 0 Å². The van der Waals surface area contributed by atoms with Crippen LogP contribution in [0, 0.1) is 0 Å². The van der Waals surface area contributed by atoms with Crippen molar-refractivity contribution in [2.24, 2.45) is 0 Å². The predicted molar refractivity (Wildman–Crippen MR) is 68.7 cm³/mol. The molecular weight excluding hydrogens is 252 g/mol. The lowest BCUT2D eigenvalue weighted by Gasteiger charge is -2.31. The molecule has 0 aromatic rings. The molecule has 0 heterocycles. The standard InChI is InChI=1S/C13H24O6/c1-4-7-17-13(18-8-5-2,19-9-6-3)11(14)10-12(15)16/h4-10H2,1-3H3,(H,15,16). The lowest BCUT2D eigenvalue weighted by atomic mass is 10.2. The second kappa shape index (κ2) is 9.89. The summed E-state index contributed by atoms with van der Waals surface area (Å²) in [5.74, 6) is -3.81. The second-order valence-corrected chi connectivity index (χ2v) is 4.10. The van der Waals surface area contributed by atoms with Gasteiger partial charge in [0.15, 0.2) is 0 Å². The van der Waals surface area contributed by atoms with E-state index < -0.39 is 24.1 Å². The maximum atomic E-state index is 12.0. The smallest absolute Gasteiger partial charge is 0.347 e. The van der Waals surface area contributed by atoms with Crippen LogP contribution in [0.5, 0.6) is 0 Å². The van der Waals surface area contributed by atoms with E-state index >= 15 is 0 Å². The highest BCUT2D eigenvalue weighted by molar-refractivity contribution is 5.98. The molecule has 0 aliphatic carbocycles. The second-order valence-electron chi connectivity index (χ2n) is 4.10. The first-order valence-electron chi connectivity index (χ1n) is 6.69. The fourth-order valence-corrected chi connectivity index (χ4v) is 1.32. The quantitative estimate of drug-likeness (QED) is 0.433. The zero-order valence-electron chi connectivity index (χ0n) is 11.9. The first kappa shape index (κ1) is 18.0. The molecule has 0 radical (unpaired) electrons. The summed E-state index contributed by atoms with van der Waals surface area (Å²) in [6.45, 7) is 6.43. The molecule has 0 bridgehead atoms. The molecule has 6 heteroatoms. The summed E-state index contributed by atoms with van der Waals surface area (Å²) < 4.78 is 16.2. The molecule has 0 atom stereocenters. The fraction of sp³-hybridized carbons (Fsp3) is 0.846. The number of rotatable bonds is 12. The maximum Gasteiger partial charge on any atom is 0.347 e. The number of carbonyl (C=O) groups excluding carboxylic acids is 1. The van der Waals surface area contributed by atoms with Gasteiger partial charge in [0.25, 0.3) is 0 Å². The van der Waals surface area contributed by atoms with Gasteiger partial charge in [-0.3, -0.25) is 9.59 Å². The van der Waals surface area contributed by atoms with Crippen molar-refractivity contribution in [3.05, 3.63) is 0 Å². The largest absolute Gasteiger partial charge is 0.481 e. The van der Waals surface area contributed by atoms with Crippen molar-refractivity contribution in [3.8, 4) is 0 Å². The van der Waals surface area contributed by atoms with Crippen molar-refractivity contribution in [1.82, 2.24) is 0 Å². The van der Waals surface area contributed by atoms with Crippen LogP contribution in [0.1, 0.15) is 46.5 Å². The van der Waals surface area contributed by atoms with Gasteiger partial charge >= 0.3 is 11.9 Å². The van der Waals surface area contributed by atoms with Crippen LogP contribution in [0.15, 0.2) is 0 Å². The zero-order valence-corrected chi connectivity index (χ0v) is 11.9. The van der Waals surface area contributed by atoms with E-state index in [1.54, 1.807) is 0 Å². The van der Waals surface area contributed by atoms with E-state index in [2.05, 4.69) is 0 Å². The molecule has 6 nitrogen and oxygen atoms in total. The summed E-state index contributed by atoms with van der Waals surface area (Å²) in [6.07, 6.45) is 1.34. The van der Waals surface area contributed by atoms with Crippen LogP contribution in [0.25, 0.3) is 0 Å². The molecule has 112 valence electrons. The Kier molecular flexibility index (Phi) is 9.38. The van der Waals surface area contributed by atoms with Crippen LogP contribution in [-0.2, 0) is 23.8 Å². The van der Waals surface area contributed by atoms with Crippen molar-refractivity contribution in [3.63, 3.8) is 0 Å². The topological polar surface area (TPSA) is 82.1 Å². The molecule has 0 aliphatic heterocycles. The summed E-state index contributed by atoms with van der Waals surface area (Å²) in [5, 5.41) is 8.74. The first-order chi connectivity index (χ1) is 9.02. The lowest BCUT2D eigenvalue weighted by molar-refractivity contribution is -0.353. The highest BCUT2D eigenvalue weighted by Crippen LogP contribution is 2.20. The van der Waals surface area contributed by atoms with Crippen LogP contribution < -0.4 is 0 Å². The molecule has 0 fully saturated rings. The van der Waals surface area contributed by atoms with Gasteiger partial charge in [-0.05, 0) is 19.3 Å². The van der Waals surface area contributed by atoms with Gasteiger partial charge in [-0.1, -0.05) is 20.8 Å². The van der Waals surface area contributed by atoms with E-state index in [1.165, 1.54) is 0 Å². The number of carboxylic acid groups (broad SMARTS) is 1. The normalized spacial score (nSPS) is 11.5. The highest BCUT2D eigenvalue weighted by Gasteiger charge is 2.43. The zero-order chi connectivity index (χ0) is 14.7. The van der Waals surface area contributed by atoms with Gasteiger partial charge < -0.3 is 19.3 Å². The van der Waals surface area contributed by atoms with Crippen LogP contribution in [0.2, 0.25) is 0 Å². The molecule has 0 saturated heterocycles. The average molecular weight is 276 g/mol. The van der Waals surface area contributed by atoms with Crippen molar-refractivity contribution < 1.29 is 28.9 Å². The molecular formula is C13H24O6. The van der Waals surface area contributed by atoms with Crippen molar-refractivity contribution in [2.45, 2.75) is 52.4 Å². The molecule has 0 unspecified atom stereocenters. The fourth-order valence-electron chi connectivity index (χ4n) is 1.32. The highest BCUT2D eigenvalue weighted by atomic mass is 16.9. The summed E-state index contributed by atoms with van der Waals surface area (Å²) in [5.41, 5.74) is 0. The molecule has 1 N–H and O–H groups in total. The Morgan fingerprint density at radius 1 is 0.895 bits per heavy atom. The van der Waals surface area contributed by atoms with E-state index in [9.17, 15) is 9.59 Å². The Bertz CT molecular complexity index is 255. The van der Waals surface area contributed by atoms with E-state index in [0.29, 0.717) is 19.3 Å². The minimum atomic E-state index is -1.87.